The first kappa shape index (κ1) is 45.3. The van der Waals surface area contributed by atoms with Crippen LogP contribution in [0.4, 0.5) is 0 Å². The summed E-state index contributed by atoms with van der Waals surface area (Å²) in [5, 5.41) is 51.8. The van der Waals surface area contributed by atoms with Crippen molar-refractivity contribution in [3.63, 3.8) is 0 Å². The molecule has 0 spiro atoms. The maximum Gasteiger partial charge on any atom is 0.338 e. The average molecular weight is 870 g/mol. The quantitative estimate of drug-likeness (QED) is 0.112. The van der Waals surface area contributed by atoms with Crippen molar-refractivity contribution in [1.29, 1.82) is 0 Å². The molecule has 3 fully saturated rings. The lowest BCUT2D eigenvalue weighted by Gasteiger charge is -2.68. The number of rotatable bonds is 10. The van der Waals surface area contributed by atoms with Gasteiger partial charge in [0.25, 0.3) is 5.91 Å². The summed E-state index contributed by atoms with van der Waals surface area (Å²) < 4.78 is 29.9. The number of benzene rings is 3. The number of aliphatic hydroxyl groups excluding tert-OH is 3. The molecule has 0 radical (unpaired) electrons. The van der Waals surface area contributed by atoms with Gasteiger partial charge in [0.15, 0.2) is 23.6 Å². The van der Waals surface area contributed by atoms with Gasteiger partial charge in [-0.2, -0.15) is 0 Å². The van der Waals surface area contributed by atoms with Crippen LogP contribution in [0.2, 0.25) is 0 Å². The molecule has 334 valence electrons. The van der Waals surface area contributed by atoms with Crippen LogP contribution < -0.4 is 5.32 Å². The third-order valence-corrected chi connectivity index (χ3v) is 13.5. The first-order valence-electron chi connectivity index (χ1n) is 20.6. The van der Waals surface area contributed by atoms with Gasteiger partial charge in [-0.05, 0) is 54.8 Å². The summed E-state index contributed by atoms with van der Waals surface area (Å²) in [5.74, 6) is -7.48. The van der Waals surface area contributed by atoms with Crippen LogP contribution in [0, 0.1) is 16.7 Å². The van der Waals surface area contributed by atoms with E-state index in [1.807, 2.05) is 0 Å². The number of amides is 1. The number of ketones is 1. The second-order valence-corrected chi connectivity index (χ2v) is 17.5. The molecule has 2 bridgehead atoms. The highest BCUT2D eigenvalue weighted by atomic mass is 16.6. The van der Waals surface area contributed by atoms with Gasteiger partial charge in [0.1, 0.15) is 30.0 Å². The molecule has 63 heavy (non-hydrogen) atoms. The highest BCUT2D eigenvalue weighted by Gasteiger charge is 2.80. The van der Waals surface area contributed by atoms with Crippen LogP contribution in [-0.2, 0) is 42.9 Å². The van der Waals surface area contributed by atoms with Crippen molar-refractivity contribution in [3.8, 4) is 0 Å². The van der Waals surface area contributed by atoms with E-state index in [0.717, 1.165) is 13.8 Å². The van der Waals surface area contributed by atoms with Gasteiger partial charge in [0.2, 0.25) is 0 Å². The molecular weight excluding hydrogens is 819 g/mol. The minimum Gasteiger partial charge on any atom is -0.456 e. The maximum atomic E-state index is 15.5. The smallest absolute Gasteiger partial charge is 0.338 e. The lowest BCUT2D eigenvalue weighted by Crippen LogP contribution is -2.85. The highest BCUT2D eigenvalue weighted by molar-refractivity contribution is 5.96. The number of nitrogens with one attached hydrogen (secondary N) is 1. The molecule has 0 aromatic heterocycles. The lowest BCUT2D eigenvalue weighted by molar-refractivity contribution is -0.369. The van der Waals surface area contributed by atoms with Crippen LogP contribution in [-0.4, -0.2) is 117 Å². The van der Waals surface area contributed by atoms with Crippen LogP contribution >= 0.6 is 0 Å². The number of esters is 4. The predicted octanol–water partition coefficient (Wildman–Crippen LogP) is 2.71. The molecule has 3 aliphatic carbocycles. The van der Waals surface area contributed by atoms with Crippen LogP contribution in [0.25, 0.3) is 0 Å². The maximum absolute atomic E-state index is 15.5. The van der Waals surface area contributed by atoms with Crippen LogP contribution in [0.3, 0.4) is 0 Å². The molecular formula is C47H51NO15. The molecule has 1 heterocycles. The lowest BCUT2D eigenvalue weighted by atomic mass is 9.44. The van der Waals surface area contributed by atoms with E-state index in [9.17, 15) is 44.4 Å². The van der Waals surface area contributed by atoms with Crippen molar-refractivity contribution in [1.82, 2.24) is 5.32 Å². The molecule has 3 aromatic rings. The van der Waals surface area contributed by atoms with Crippen molar-refractivity contribution in [2.75, 3.05) is 6.61 Å². The number of Topliss-reactive ketones (excluding diaryl/α,β-unsaturated/α-hetero) is 1. The third-order valence-electron chi connectivity index (χ3n) is 13.5. The summed E-state index contributed by atoms with van der Waals surface area (Å²) in [6, 6.07) is 22.6. The number of carbonyl (C=O) groups is 6. The number of hydrogen-bond acceptors (Lipinski definition) is 15. The molecule has 5 N–H and O–H groups in total. The molecule has 1 saturated heterocycles. The van der Waals surface area contributed by atoms with Gasteiger partial charge in [-0.1, -0.05) is 80.6 Å². The van der Waals surface area contributed by atoms with E-state index in [1.54, 1.807) is 78.9 Å². The minimum absolute atomic E-state index is 0.0180. The fourth-order valence-electron chi connectivity index (χ4n) is 10.3. The van der Waals surface area contributed by atoms with Gasteiger partial charge in [-0.15, -0.1) is 0 Å². The highest BCUT2D eigenvalue weighted by Crippen LogP contribution is 2.64. The Kier molecular flexibility index (Phi) is 12.0. The Balaban J connectivity index is 1.40. The van der Waals surface area contributed by atoms with Gasteiger partial charge in [0.05, 0.1) is 35.6 Å². The first-order valence-corrected chi connectivity index (χ1v) is 20.6. The molecule has 7 rings (SSSR count). The Morgan fingerprint density at radius 1 is 0.810 bits per heavy atom. The van der Waals surface area contributed by atoms with Gasteiger partial charge in [0, 0.05) is 31.2 Å². The molecule has 4 aliphatic rings. The summed E-state index contributed by atoms with van der Waals surface area (Å²) in [6.07, 6.45) is -13.5. The van der Waals surface area contributed by atoms with Gasteiger partial charge in [-0.25, -0.2) is 9.59 Å². The van der Waals surface area contributed by atoms with E-state index < -0.39 is 125 Å². The summed E-state index contributed by atoms with van der Waals surface area (Å²) >= 11 is 0. The summed E-state index contributed by atoms with van der Waals surface area (Å²) in [4.78, 5) is 83.6. The monoisotopic (exact) mass is 869 g/mol. The molecule has 0 unspecified atom stereocenters. The molecule has 1 aliphatic heterocycles. The Bertz CT molecular complexity index is 2320. The first-order chi connectivity index (χ1) is 29.7. The zero-order valence-corrected chi connectivity index (χ0v) is 35.6. The molecule has 3 aromatic carbocycles. The normalized spacial score (nSPS) is 32.7. The van der Waals surface area contributed by atoms with E-state index >= 15 is 4.79 Å². The fourth-order valence-corrected chi connectivity index (χ4v) is 10.3. The Morgan fingerprint density at radius 2 is 1.38 bits per heavy atom. The average Bonchev–Trinajstić information content (AvgIpc) is 3.24. The van der Waals surface area contributed by atoms with Crippen LogP contribution in [0.5, 0.6) is 0 Å². The van der Waals surface area contributed by atoms with E-state index in [0.29, 0.717) is 5.56 Å². The van der Waals surface area contributed by atoms with Crippen LogP contribution in [0.15, 0.2) is 102 Å². The van der Waals surface area contributed by atoms with Crippen molar-refractivity contribution >= 4 is 35.6 Å². The molecule has 2 saturated carbocycles. The van der Waals surface area contributed by atoms with Crippen molar-refractivity contribution < 1.29 is 72.9 Å². The molecule has 16 heteroatoms. The summed E-state index contributed by atoms with van der Waals surface area (Å²) in [6.45, 7) is 7.39. The van der Waals surface area contributed by atoms with Crippen LogP contribution in [0.1, 0.15) is 80.3 Å². The summed E-state index contributed by atoms with van der Waals surface area (Å²) in [7, 11) is 0. The topological polar surface area (TPSA) is 242 Å². The predicted molar refractivity (Wildman–Crippen MR) is 219 cm³/mol. The number of fused-ring (bicyclic) bond motifs is 5. The zero-order valence-electron chi connectivity index (χ0n) is 35.6. The Labute approximate surface area is 363 Å². The van der Waals surface area contributed by atoms with Gasteiger partial charge >= 0.3 is 23.9 Å². The van der Waals surface area contributed by atoms with Crippen molar-refractivity contribution in [2.24, 2.45) is 16.7 Å². The zero-order chi connectivity index (χ0) is 45.8. The second kappa shape index (κ2) is 16.7. The Hall–Kier alpha value is -5.78. The number of aliphatic hydroxyl groups is 4. The van der Waals surface area contributed by atoms with Crippen molar-refractivity contribution in [2.45, 2.75) is 108 Å². The SMILES string of the molecule is CC(=O)O[C@H]1C(=O)[C@]2(C)[C@H](O)[C@H](O)[C@H]3OC[C@@]3(OC(C)=O)[C@H]2[C@H](OC(=O)c2ccccc2)[C@]2(O)C[C@H](OC(=O)[C@H](O)[C@@H](NC(=O)c3ccccc3)c3ccccc3)C(C)=C1C2(C)C. The van der Waals surface area contributed by atoms with Crippen molar-refractivity contribution in [3.05, 3.63) is 119 Å². The van der Waals surface area contributed by atoms with E-state index in [4.69, 9.17) is 23.7 Å². The number of ether oxygens (including phenoxy) is 5. The molecule has 16 nitrogen and oxygen atoms in total. The number of hydrogen-bond donors (Lipinski definition) is 5. The van der Waals surface area contributed by atoms with E-state index in [1.165, 1.54) is 39.8 Å². The standard InChI is InChI=1S/C47H51NO15/c1-24-30(61-43(57)33(51)32(27-16-10-7-11-17-27)48-41(55)28-18-12-8-13-19-28)22-47(58)40(62-42(56)29-20-14-9-15-21-29)36-45(6,38(54)35(60-25(2)49)31(24)44(47,4)5)37(53)34(52)39-46(36,23-59-39)63-26(3)50/h7-21,30,32-37,39-40,51-53,58H,22-23H2,1-6H3,(H,48,55)/t30-,32-,33+,34-,35+,36-,37+,39+,40-,45-,46+,47+/m0/s1. The minimum atomic E-state index is -2.48. The van der Waals surface area contributed by atoms with Gasteiger partial charge < -0.3 is 49.4 Å². The van der Waals surface area contributed by atoms with E-state index in [-0.39, 0.29) is 22.3 Å². The second-order valence-electron chi connectivity index (χ2n) is 17.5. The fraction of sp³-hybridized carbons (Fsp3) is 0.447. The number of carbonyl (C=O) groups excluding carboxylic acids is 6. The van der Waals surface area contributed by atoms with E-state index in [2.05, 4.69) is 5.32 Å². The largest absolute Gasteiger partial charge is 0.456 e. The van der Waals surface area contributed by atoms with Gasteiger partial charge in [-0.3, -0.25) is 19.2 Å². The Morgan fingerprint density at radius 3 is 1.92 bits per heavy atom. The molecule has 1 amide bonds. The molecule has 12 atom stereocenters. The third kappa shape index (κ3) is 7.42. The summed E-state index contributed by atoms with van der Waals surface area (Å²) in [5.41, 5.74) is -7.98.